The highest BCUT2D eigenvalue weighted by molar-refractivity contribution is 5.78. The summed E-state index contributed by atoms with van der Waals surface area (Å²) in [5, 5.41) is 5.87. The van der Waals surface area contributed by atoms with Crippen molar-refractivity contribution in [3.63, 3.8) is 0 Å². The number of hydrogen-bond acceptors (Lipinski definition) is 3. The van der Waals surface area contributed by atoms with Crippen molar-refractivity contribution in [2.75, 3.05) is 13.1 Å². The third kappa shape index (κ3) is 10.5. The van der Waals surface area contributed by atoms with E-state index in [1.54, 1.807) is 0 Å². The Kier molecular flexibility index (Phi) is 10.3. The average molecular weight is 439 g/mol. The molecule has 0 fully saturated rings. The second-order valence-electron chi connectivity index (χ2n) is 9.48. The topological polar surface area (TPSA) is 67.4 Å². The van der Waals surface area contributed by atoms with E-state index >= 15 is 0 Å². The molecule has 2 amide bonds. The van der Waals surface area contributed by atoms with E-state index in [0.29, 0.717) is 13.1 Å². The van der Waals surface area contributed by atoms with E-state index in [-0.39, 0.29) is 17.7 Å². The fourth-order valence-corrected chi connectivity index (χ4v) is 3.44. The normalized spacial score (nSPS) is 12.3. The number of alkyl carbamates (subject to hydrolysis) is 1. The van der Waals surface area contributed by atoms with Crippen molar-refractivity contribution in [1.29, 1.82) is 0 Å². The number of ether oxygens (including phenoxy) is 1. The van der Waals surface area contributed by atoms with Crippen molar-refractivity contribution in [1.82, 2.24) is 10.6 Å². The van der Waals surface area contributed by atoms with Gasteiger partial charge in [-0.3, -0.25) is 4.79 Å². The van der Waals surface area contributed by atoms with E-state index in [1.165, 1.54) is 11.1 Å². The first-order chi connectivity index (χ1) is 15.2. The van der Waals surface area contributed by atoms with E-state index < -0.39 is 11.7 Å². The first kappa shape index (κ1) is 25.4. The van der Waals surface area contributed by atoms with Crippen LogP contribution in [0.5, 0.6) is 0 Å². The van der Waals surface area contributed by atoms with Crippen LogP contribution in [0.15, 0.2) is 60.7 Å². The van der Waals surface area contributed by atoms with Crippen LogP contribution in [-0.2, 0) is 22.4 Å². The number of benzene rings is 2. The van der Waals surface area contributed by atoms with Crippen molar-refractivity contribution in [2.24, 2.45) is 11.8 Å². The zero-order valence-corrected chi connectivity index (χ0v) is 19.9. The summed E-state index contributed by atoms with van der Waals surface area (Å²) in [7, 11) is 0. The standard InChI is InChI=1S/C27H38N2O3/c1-21(20-29-26(31)32-27(2,3)4)19-28-25(30)24(17-15-22-11-7-5-8-12-22)18-16-23-13-9-6-10-14-23/h5-14,21,24H,15-20H2,1-4H3,(H,28,30)(H,29,31)/t21-/m1/s1. The van der Waals surface area contributed by atoms with Crippen LogP contribution >= 0.6 is 0 Å². The van der Waals surface area contributed by atoms with Crippen LogP contribution < -0.4 is 10.6 Å². The molecule has 2 aromatic carbocycles. The SMILES string of the molecule is C[C@@H](CNC(=O)OC(C)(C)C)CNC(=O)C(CCc1ccccc1)CCc1ccccc1. The largest absolute Gasteiger partial charge is 0.444 e. The van der Waals surface area contributed by atoms with E-state index in [2.05, 4.69) is 34.9 Å². The Morgan fingerprint density at radius 1 is 0.812 bits per heavy atom. The fraction of sp³-hybridized carbons (Fsp3) is 0.481. The minimum atomic E-state index is -0.522. The zero-order chi connectivity index (χ0) is 23.4. The lowest BCUT2D eigenvalue weighted by atomic mass is 9.92. The van der Waals surface area contributed by atoms with Crippen LogP contribution in [0.25, 0.3) is 0 Å². The van der Waals surface area contributed by atoms with Crippen LogP contribution in [0, 0.1) is 11.8 Å². The number of amides is 2. The number of carbonyl (C=O) groups is 2. The molecule has 0 spiro atoms. The summed E-state index contributed by atoms with van der Waals surface area (Å²) in [6.45, 7) is 8.47. The molecule has 0 aliphatic rings. The van der Waals surface area contributed by atoms with Gasteiger partial charge in [0.1, 0.15) is 5.60 Å². The van der Waals surface area contributed by atoms with Crippen molar-refractivity contribution in [3.8, 4) is 0 Å². The Balaban J connectivity index is 1.84. The van der Waals surface area contributed by atoms with Gasteiger partial charge in [0.15, 0.2) is 0 Å². The molecule has 0 saturated heterocycles. The Hall–Kier alpha value is -2.82. The molecule has 174 valence electrons. The lowest BCUT2D eigenvalue weighted by molar-refractivity contribution is -0.125. The van der Waals surface area contributed by atoms with Crippen LogP contribution in [0.2, 0.25) is 0 Å². The first-order valence-corrected chi connectivity index (χ1v) is 11.6. The predicted molar refractivity (Wildman–Crippen MR) is 129 cm³/mol. The lowest BCUT2D eigenvalue weighted by Gasteiger charge is -2.22. The van der Waals surface area contributed by atoms with Gasteiger partial charge in [-0.05, 0) is 63.5 Å². The molecular weight excluding hydrogens is 400 g/mol. The predicted octanol–water partition coefficient (Wildman–Crippen LogP) is 5.15. The number of rotatable bonds is 11. The molecule has 2 aromatic rings. The maximum atomic E-state index is 13.0. The molecule has 1 atom stereocenters. The first-order valence-electron chi connectivity index (χ1n) is 11.6. The third-order valence-electron chi connectivity index (χ3n) is 5.24. The quantitative estimate of drug-likeness (QED) is 0.510. The van der Waals surface area contributed by atoms with Crippen LogP contribution in [0.1, 0.15) is 51.7 Å². The molecular formula is C27H38N2O3. The zero-order valence-electron chi connectivity index (χ0n) is 19.9. The summed E-state index contributed by atoms with van der Waals surface area (Å²) in [6.07, 6.45) is 2.95. The van der Waals surface area contributed by atoms with Crippen LogP contribution in [0.4, 0.5) is 4.79 Å². The van der Waals surface area contributed by atoms with Gasteiger partial charge < -0.3 is 15.4 Å². The molecule has 0 aliphatic carbocycles. The van der Waals surface area contributed by atoms with Crippen LogP contribution in [0.3, 0.4) is 0 Å². The fourth-order valence-electron chi connectivity index (χ4n) is 3.44. The van der Waals surface area contributed by atoms with Crippen molar-refractivity contribution >= 4 is 12.0 Å². The van der Waals surface area contributed by atoms with Gasteiger partial charge >= 0.3 is 6.09 Å². The summed E-state index contributed by atoms with van der Waals surface area (Å²) in [5.41, 5.74) is 1.98. The van der Waals surface area contributed by atoms with Gasteiger partial charge in [-0.2, -0.15) is 0 Å². The van der Waals surface area contributed by atoms with Gasteiger partial charge in [0.25, 0.3) is 0 Å². The molecule has 0 radical (unpaired) electrons. The molecule has 0 unspecified atom stereocenters. The Morgan fingerprint density at radius 2 is 1.28 bits per heavy atom. The van der Waals surface area contributed by atoms with Gasteiger partial charge in [-0.25, -0.2) is 4.79 Å². The molecule has 0 heterocycles. The number of nitrogens with one attached hydrogen (secondary N) is 2. The maximum Gasteiger partial charge on any atom is 0.407 e. The molecule has 2 N–H and O–H groups in total. The minimum absolute atomic E-state index is 0.0542. The Bertz CT molecular complexity index is 772. The molecule has 5 heteroatoms. The number of carbonyl (C=O) groups excluding carboxylic acids is 2. The molecule has 32 heavy (non-hydrogen) atoms. The van der Waals surface area contributed by atoms with Gasteiger partial charge in [-0.15, -0.1) is 0 Å². The number of aryl methyl sites for hydroxylation is 2. The van der Waals surface area contributed by atoms with Crippen LogP contribution in [-0.4, -0.2) is 30.7 Å². The molecule has 5 nitrogen and oxygen atoms in total. The summed E-state index contributed by atoms with van der Waals surface area (Å²) in [5.74, 6) is 0.137. The van der Waals surface area contributed by atoms with E-state index in [4.69, 9.17) is 4.74 Å². The maximum absolute atomic E-state index is 13.0. The highest BCUT2D eigenvalue weighted by atomic mass is 16.6. The van der Waals surface area contributed by atoms with Gasteiger partial charge in [-0.1, -0.05) is 67.6 Å². The number of hydrogen-bond donors (Lipinski definition) is 2. The van der Waals surface area contributed by atoms with Gasteiger partial charge in [0.05, 0.1) is 0 Å². The second-order valence-corrected chi connectivity index (χ2v) is 9.48. The second kappa shape index (κ2) is 12.9. The Morgan fingerprint density at radius 3 is 1.75 bits per heavy atom. The summed E-state index contributed by atoms with van der Waals surface area (Å²) >= 11 is 0. The lowest BCUT2D eigenvalue weighted by Crippen LogP contribution is -2.39. The smallest absolute Gasteiger partial charge is 0.407 e. The molecule has 0 bridgehead atoms. The molecule has 0 saturated carbocycles. The van der Waals surface area contributed by atoms with E-state index in [0.717, 1.165) is 25.7 Å². The van der Waals surface area contributed by atoms with E-state index in [9.17, 15) is 9.59 Å². The molecule has 2 rings (SSSR count). The van der Waals surface area contributed by atoms with Crippen molar-refractivity contribution in [3.05, 3.63) is 71.8 Å². The average Bonchev–Trinajstić information content (AvgIpc) is 2.76. The molecule has 0 aromatic heterocycles. The highest BCUT2D eigenvalue weighted by Crippen LogP contribution is 2.17. The monoisotopic (exact) mass is 438 g/mol. The van der Waals surface area contributed by atoms with Gasteiger partial charge in [0, 0.05) is 19.0 Å². The van der Waals surface area contributed by atoms with Gasteiger partial charge in [0.2, 0.25) is 5.91 Å². The summed E-state index contributed by atoms with van der Waals surface area (Å²) < 4.78 is 5.26. The van der Waals surface area contributed by atoms with Crippen molar-refractivity contribution in [2.45, 2.75) is 59.0 Å². The van der Waals surface area contributed by atoms with E-state index in [1.807, 2.05) is 64.1 Å². The summed E-state index contributed by atoms with van der Waals surface area (Å²) in [6, 6.07) is 20.6. The Labute approximate surface area is 192 Å². The minimum Gasteiger partial charge on any atom is -0.444 e. The molecule has 0 aliphatic heterocycles. The third-order valence-corrected chi connectivity index (χ3v) is 5.24. The van der Waals surface area contributed by atoms with Crippen molar-refractivity contribution < 1.29 is 14.3 Å². The highest BCUT2D eigenvalue weighted by Gasteiger charge is 2.20. The summed E-state index contributed by atoms with van der Waals surface area (Å²) in [4.78, 5) is 24.8.